The summed E-state index contributed by atoms with van der Waals surface area (Å²) in [5.41, 5.74) is -0.0145. The zero-order chi connectivity index (χ0) is 11.3. The van der Waals surface area contributed by atoms with Crippen molar-refractivity contribution in [3.05, 3.63) is 0 Å². The molecule has 1 rings (SSSR count). The molecule has 1 unspecified atom stereocenters. The van der Waals surface area contributed by atoms with E-state index in [1.807, 2.05) is 0 Å². The topological polar surface area (TPSA) is 41.5 Å². The van der Waals surface area contributed by atoms with Gasteiger partial charge in [-0.2, -0.15) is 0 Å². The monoisotopic (exact) mass is 215 g/mol. The van der Waals surface area contributed by atoms with E-state index in [1.165, 1.54) is 0 Å². The molecule has 1 atom stereocenters. The second kappa shape index (κ2) is 5.83. The number of aliphatic hydroxyl groups excluding tert-OH is 1. The van der Waals surface area contributed by atoms with E-state index in [9.17, 15) is 0 Å². The summed E-state index contributed by atoms with van der Waals surface area (Å²) in [4.78, 5) is 0. The Morgan fingerprint density at radius 3 is 2.53 bits per heavy atom. The van der Waals surface area contributed by atoms with Crippen LogP contribution in [0.4, 0.5) is 0 Å². The fourth-order valence-corrected chi connectivity index (χ4v) is 1.88. The summed E-state index contributed by atoms with van der Waals surface area (Å²) in [5.74, 6) is 0.730. The van der Waals surface area contributed by atoms with E-state index in [-0.39, 0.29) is 12.0 Å². The highest BCUT2D eigenvalue weighted by Gasteiger charge is 2.23. The molecular formula is C12H25NO2. The van der Waals surface area contributed by atoms with Crippen molar-refractivity contribution in [1.29, 1.82) is 0 Å². The number of rotatable bonds is 5. The van der Waals surface area contributed by atoms with Gasteiger partial charge >= 0.3 is 0 Å². The average Bonchev–Trinajstić information content (AvgIpc) is 2.27. The molecule has 1 saturated heterocycles. The molecule has 0 saturated carbocycles. The Hall–Kier alpha value is -0.120. The highest BCUT2D eigenvalue weighted by molar-refractivity contribution is 4.78. The van der Waals surface area contributed by atoms with Crippen molar-refractivity contribution in [2.24, 2.45) is 11.3 Å². The van der Waals surface area contributed by atoms with Crippen molar-refractivity contribution in [3.8, 4) is 0 Å². The van der Waals surface area contributed by atoms with Gasteiger partial charge in [0.15, 0.2) is 0 Å². The van der Waals surface area contributed by atoms with Crippen molar-refractivity contribution >= 4 is 0 Å². The molecule has 1 aliphatic rings. The summed E-state index contributed by atoms with van der Waals surface area (Å²) in [7, 11) is 0. The first kappa shape index (κ1) is 12.9. The molecule has 0 amide bonds. The summed E-state index contributed by atoms with van der Waals surface area (Å²) < 4.78 is 5.35. The van der Waals surface area contributed by atoms with E-state index in [1.54, 1.807) is 0 Å². The average molecular weight is 215 g/mol. The fraction of sp³-hybridized carbons (Fsp3) is 1.00. The normalized spacial score (nSPS) is 21.6. The Morgan fingerprint density at radius 2 is 2.00 bits per heavy atom. The third kappa shape index (κ3) is 4.49. The second-order valence-electron chi connectivity index (χ2n) is 5.44. The summed E-state index contributed by atoms with van der Waals surface area (Å²) in [5, 5.41) is 12.7. The first-order valence-corrected chi connectivity index (χ1v) is 5.97. The Kier molecular flexibility index (Phi) is 5.03. The fourth-order valence-electron chi connectivity index (χ4n) is 1.88. The highest BCUT2D eigenvalue weighted by atomic mass is 16.5. The summed E-state index contributed by atoms with van der Waals surface area (Å²) in [6, 6.07) is 0.528. The number of nitrogens with one attached hydrogen (secondary N) is 1. The maximum Gasteiger partial charge on any atom is 0.0494 e. The van der Waals surface area contributed by atoms with Crippen molar-refractivity contribution in [2.45, 2.75) is 39.7 Å². The Morgan fingerprint density at radius 1 is 1.40 bits per heavy atom. The van der Waals surface area contributed by atoms with Crippen molar-refractivity contribution in [2.75, 3.05) is 26.4 Å². The molecule has 0 aliphatic carbocycles. The second-order valence-corrected chi connectivity index (χ2v) is 5.44. The summed E-state index contributed by atoms with van der Waals surface area (Å²) in [6.45, 7) is 9.32. The van der Waals surface area contributed by atoms with Gasteiger partial charge in [-0.1, -0.05) is 13.8 Å². The van der Waals surface area contributed by atoms with E-state index in [0.717, 1.165) is 38.5 Å². The standard InChI is InChI=1S/C12H25NO2/c1-10(11-4-6-15-7-5-11)13-8-12(2,3)9-14/h10-11,13-14H,4-9H2,1-3H3. The molecule has 3 nitrogen and oxygen atoms in total. The van der Waals surface area contributed by atoms with Gasteiger partial charge in [0.25, 0.3) is 0 Å². The van der Waals surface area contributed by atoms with Gasteiger partial charge in [0.1, 0.15) is 0 Å². The third-order valence-electron chi connectivity index (χ3n) is 3.30. The van der Waals surface area contributed by atoms with E-state index < -0.39 is 0 Å². The van der Waals surface area contributed by atoms with Crippen LogP contribution in [0.5, 0.6) is 0 Å². The van der Waals surface area contributed by atoms with Crippen LogP contribution in [0.3, 0.4) is 0 Å². The van der Waals surface area contributed by atoms with Crippen LogP contribution in [-0.4, -0.2) is 37.5 Å². The van der Waals surface area contributed by atoms with Gasteiger partial charge in [0, 0.05) is 37.8 Å². The van der Waals surface area contributed by atoms with Crippen molar-refractivity contribution in [3.63, 3.8) is 0 Å². The van der Waals surface area contributed by atoms with Gasteiger partial charge in [-0.15, -0.1) is 0 Å². The van der Waals surface area contributed by atoms with Crippen molar-refractivity contribution < 1.29 is 9.84 Å². The van der Waals surface area contributed by atoms with Gasteiger partial charge in [0.2, 0.25) is 0 Å². The maximum absolute atomic E-state index is 9.16. The van der Waals surface area contributed by atoms with Gasteiger partial charge < -0.3 is 15.2 Å². The smallest absolute Gasteiger partial charge is 0.0494 e. The van der Waals surface area contributed by atoms with Crippen LogP contribution in [-0.2, 0) is 4.74 Å². The molecule has 0 aromatic carbocycles. The molecule has 0 spiro atoms. The minimum absolute atomic E-state index is 0.0145. The van der Waals surface area contributed by atoms with Gasteiger partial charge in [-0.05, 0) is 25.7 Å². The van der Waals surface area contributed by atoms with Crippen LogP contribution in [0, 0.1) is 11.3 Å². The minimum Gasteiger partial charge on any atom is -0.396 e. The molecule has 0 bridgehead atoms. The lowest BCUT2D eigenvalue weighted by Gasteiger charge is -2.31. The van der Waals surface area contributed by atoms with Crippen LogP contribution in [0.25, 0.3) is 0 Å². The Labute approximate surface area is 93.2 Å². The van der Waals surface area contributed by atoms with Crippen molar-refractivity contribution in [1.82, 2.24) is 5.32 Å². The first-order chi connectivity index (χ1) is 7.05. The van der Waals surface area contributed by atoms with E-state index in [2.05, 4.69) is 26.1 Å². The van der Waals surface area contributed by atoms with E-state index in [4.69, 9.17) is 9.84 Å². The SMILES string of the molecule is CC(NCC(C)(C)CO)C1CCOCC1. The zero-order valence-electron chi connectivity index (χ0n) is 10.3. The van der Waals surface area contributed by atoms with Gasteiger partial charge in [-0.25, -0.2) is 0 Å². The molecule has 0 aromatic heterocycles. The summed E-state index contributed by atoms with van der Waals surface area (Å²) in [6.07, 6.45) is 2.32. The molecule has 1 fully saturated rings. The predicted molar refractivity (Wildman–Crippen MR) is 61.9 cm³/mol. The number of hydrogen-bond donors (Lipinski definition) is 2. The Bertz CT molecular complexity index is 176. The maximum atomic E-state index is 9.16. The first-order valence-electron chi connectivity index (χ1n) is 5.97. The van der Waals surface area contributed by atoms with E-state index in [0.29, 0.717) is 6.04 Å². The molecule has 1 aliphatic heterocycles. The Balaban J connectivity index is 2.25. The minimum atomic E-state index is -0.0145. The quantitative estimate of drug-likeness (QED) is 0.728. The number of ether oxygens (including phenoxy) is 1. The molecule has 3 heteroatoms. The molecule has 15 heavy (non-hydrogen) atoms. The van der Waals surface area contributed by atoms with Gasteiger partial charge in [0.05, 0.1) is 0 Å². The molecule has 90 valence electrons. The summed E-state index contributed by atoms with van der Waals surface area (Å²) >= 11 is 0. The number of aliphatic hydroxyl groups is 1. The van der Waals surface area contributed by atoms with Crippen LogP contribution in [0.2, 0.25) is 0 Å². The zero-order valence-corrected chi connectivity index (χ0v) is 10.3. The predicted octanol–water partition coefficient (Wildman–Crippen LogP) is 1.41. The molecule has 2 N–H and O–H groups in total. The van der Waals surface area contributed by atoms with E-state index >= 15 is 0 Å². The molecular weight excluding hydrogens is 190 g/mol. The molecule has 1 heterocycles. The largest absolute Gasteiger partial charge is 0.396 e. The lowest BCUT2D eigenvalue weighted by atomic mass is 9.90. The molecule has 0 radical (unpaired) electrons. The highest BCUT2D eigenvalue weighted by Crippen LogP contribution is 2.20. The number of hydrogen-bond acceptors (Lipinski definition) is 3. The van der Waals surface area contributed by atoms with Crippen LogP contribution in [0.15, 0.2) is 0 Å². The third-order valence-corrected chi connectivity index (χ3v) is 3.30. The lowest BCUT2D eigenvalue weighted by Crippen LogP contribution is -2.42. The lowest BCUT2D eigenvalue weighted by molar-refractivity contribution is 0.0532. The van der Waals surface area contributed by atoms with Gasteiger partial charge in [-0.3, -0.25) is 0 Å². The molecule has 0 aromatic rings. The van der Waals surface area contributed by atoms with Crippen LogP contribution >= 0.6 is 0 Å². The van der Waals surface area contributed by atoms with Crippen LogP contribution in [0.1, 0.15) is 33.6 Å². The van der Waals surface area contributed by atoms with Crippen LogP contribution < -0.4 is 5.32 Å².